The summed E-state index contributed by atoms with van der Waals surface area (Å²) in [6, 6.07) is 1.61. The first-order chi connectivity index (χ1) is 12.2. The van der Waals surface area contributed by atoms with Crippen LogP contribution in [0.2, 0.25) is 0 Å². The number of fused-ring (bicyclic) bond motifs is 1. The van der Waals surface area contributed by atoms with E-state index in [0.717, 1.165) is 61.4 Å². The van der Waals surface area contributed by atoms with Crippen molar-refractivity contribution in [2.75, 3.05) is 11.9 Å². The summed E-state index contributed by atoms with van der Waals surface area (Å²) in [6.07, 6.45) is 5.83. The van der Waals surface area contributed by atoms with Crippen LogP contribution < -0.4 is 10.9 Å². The minimum Gasteiger partial charge on any atom is -0.371 e. The Bertz CT molecular complexity index is 841. The molecule has 1 aliphatic heterocycles. The van der Waals surface area contributed by atoms with Gasteiger partial charge in [0.25, 0.3) is 5.56 Å². The molecule has 2 aromatic rings. The number of nitrogens with one attached hydrogen (secondary N) is 1. The molecule has 0 saturated carbocycles. The van der Waals surface area contributed by atoms with Crippen molar-refractivity contribution in [1.82, 2.24) is 20.0 Å². The van der Waals surface area contributed by atoms with Crippen molar-refractivity contribution < 1.29 is 9.53 Å². The molecule has 1 N–H and O–H groups in total. The lowest BCUT2D eigenvalue weighted by Gasteiger charge is -2.15. The van der Waals surface area contributed by atoms with Gasteiger partial charge in [0.05, 0.1) is 5.69 Å². The minimum atomic E-state index is -0.333. The van der Waals surface area contributed by atoms with Gasteiger partial charge in [-0.2, -0.15) is 5.10 Å². The summed E-state index contributed by atoms with van der Waals surface area (Å²) in [5.41, 5.74) is 1.70. The Morgan fingerprint density at radius 1 is 1.32 bits per heavy atom. The number of hydrogen-bond acceptors (Lipinski definition) is 7. The molecule has 2 aliphatic rings. The standard InChI is InChI=1S/C16H19N5O3S/c22-13(17-16-19-18-15(25-16)12-6-3-7-24-12)9-21-14(23)8-10-4-1-2-5-11(10)20-21/h8,12H,1-7,9H2,(H,17,19,22)/t12-/m1/s1. The van der Waals surface area contributed by atoms with Crippen LogP contribution in [0, 0.1) is 0 Å². The van der Waals surface area contributed by atoms with E-state index in [1.807, 2.05) is 0 Å². The first-order valence-corrected chi connectivity index (χ1v) is 9.35. The third-order valence-electron chi connectivity index (χ3n) is 4.46. The first kappa shape index (κ1) is 16.3. The Balaban J connectivity index is 1.43. The number of aromatic nitrogens is 4. The Morgan fingerprint density at radius 3 is 3.04 bits per heavy atom. The van der Waals surface area contributed by atoms with Crippen LogP contribution in [0.5, 0.6) is 0 Å². The Morgan fingerprint density at radius 2 is 2.20 bits per heavy atom. The van der Waals surface area contributed by atoms with E-state index in [1.54, 1.807) is 6.07 Å². The average molecular weight is 361 g/mol. The monoisotopic (exact) mass is 361 g/mol. The summed E-state index contributed by atoms with van der Waals surface area (Å²) < 4.78 is 6.79. The smallest absolute Gasteiger partial charge is 0.267 e. The first-order valence-electron chi connectivity index (χ1n) is 8.54. The molecule has 4 rings (SSSR count). The van der Waals surface area contributed by atoms with Crippen molar-refractivity contribution in [2.45, 2.75) is 51.2 Å². The van der Waals surface area contributed by atoms with E-state index < -0.39 is 0 Å². The average Bonchev–Trinajstić information content (AvgIpc) is 3.26. The van der Waals surface area contributed by atoms with Crippen LogP contribution >= 0.6 is 11.3 Å². The molecule has 9 heteroatoms. The SMILES string of the molecule is O=C(Cn1nc2c(cc1=O)CCCC2)Nc1nnc([C@H]2CCCO2)s1. The largest absolute Gasteiger partial charge is 0.371 e. The Kier molecular flexibility index (Phi) is 4.58. The third-order valence-corrected chi connectivity index (χ3v) is 5.39. The van der Waals surface area contributed by atoms with Crippen LogP contribution in [0.1, 0.15) is 48.1 Å². The van der Waals surface area contributed by atoms with Crippen LogP contribution in [-0.4, -0.2) is 32.5 Å². The second kappa shape index (κ2) is 7.01. The molecule has 132 valence electrons. The zero-order chi connectivity index (χ0) is 17.2. The van der Waals surface area contributed by atoms with Gasteiger partial charge in [0.15, 0.2) is 0 Å². The lowest BCUT2D eigenvalue weighted by molar-refractivity contribution is -0.117. The van der Waals surface area contributed by atoms with Crippen LogP contribution in [0.15, 0.2) is 10.9 Å². The van der Waals surface area contributed by atoms with E-state index in [2.05, 4.69) is 20.6 Å². The number of carbonyl (C=O) groups is 1. The molecule has 8 nitrogen and oxygen atoms in total. The van der Waals surface area contributed by atoms with Crippen LogP contribution in [-0.2, 0) is 28.9 Å². The van der Waals surface area contributed by atoms with Gasteiger partial charge in [-0.15, -0.1) is 10.2 Å². The van der Waals surface area contributed by atoms with Gasteiger partial charge in [-0.3, -0.25) is 14.9 Å². The topological polar surface area (TPSA) is 99.0 Å². The van der Waals surface area contributed by atoms with Gasteiger partial charge in [0.2, 0.25) is 11.0 Å². The lowest BCUT2D eigenvalue weighted by Crippen LogP contribution is -2.31. The van der Waals surface area contributed by atoms with Gasteiger partial charge in [-0.1, -0.05) is 11.3 Å². The molecule has 0 aromatic carbocycles. The number of carbonyl (C=O) groups excluding carboxylic acids is 1. The highest BCUT2D eigenvalue weighted by Crippen LogP contribution is 2.31. The fraction of sp³-hybridized carbons (Fsp3) is 0.562. The van der Waals surface area contributed by atoms with E-state index in [0.29, 0.717) is 5.13 Å². The number of aryl methyl sites for hydroxylation is 2. The molecule has 3 heterocycles. The molecule has 1 amide bonds. The predicted molar refractivity (Wildman–Crippen MR) is 91.6 cm³/mol. The van der Waals surface area contributed by atoms with Gasteiger partial charge < -0.3 is 4.74 Å². The van der Waals surface area contributed by atoms with Crippen molar-refractivity contribution >= 4 is 22.4 Å². The number of amides is 1. The Hall–Kier alpha value is -2.13. The highest BCUT2D eigenvalue weighted by molar-refractivity contribution is 7.15. The molecule has 1 saturated heterocycles. The maximum Gasteiger partial charge on any atom is 0.267 e. The molecule has 2 aromatic heterocycles. The molecule has 0 bridgehead atoms. The van der Waals surface area contributed by atoms with Gasteiger partial charge in [-0.25, -0.2) is 4.68 Å². The molecule has 0 spiro atoms. The molecule has 0 unspecified atom stereocenters. The van der Waals surface area contributed by atoms with E-state index in [4.69, 9.17) is 4.74 Å². The van der Waals surface area contributed by atoms with Crippen molar-refractivity contribution in [3.8, 4) is 0 Å². The van der Waals surface area contributed by atoms with Gasteiger partial charge in [0, 0.05) is 12.7 Å². The fourth-order valence-corrected chi connectivity index (χ4v) is 4.04. The summed E-state index contributed by atoms with van der Waals surface area (Å²) in [7, 11) is 0. The summed E-state index contributed by atoms with van der Waals surface area (Å²) in [5, 5.41) is 16.3. The number of hydrogen-bond donors (Lipinski definition) is 1. The van der Waals surface area contributed by atoms with Crippen LogP contribution in [0.4, 0.5) is 5.13 Å². The second-order valence-corrected chi connectivity index (χ2v) is 7.32. The second-order valence-electron chi connectivity index (χ2n) is 6.31. The number of anilines is 1. The molecule has 1 aliphatic carbocycles. The lowest BCUT2D eigenvalue weighted by atomic mass is 9.97. The summed E-state index contributed by atoms with van der Waals surface area (Å²) in [4.78, 5) is 24.4. The van der Waals surface area contributed by atoms with Crippen molar-refractivity contribution in [3.63, 3.8) is 0 Å². The quantitative estimate of drug-likeness (QED) is 0.885. The number of nitrogens with zero attached hydrogens (tertiary/aromatic N) is 4. The molecular formula is C16H19N5O3S. The normalized spacial score (nSPS) is 19.6. The zero-order valence-corrected chi connectivity index (χ0v) is 14.5. The summed E-state index contributed by atoms with van der Waals surface area (Å²) >= 11 is 1.31. The molecule has 1 fully saturated rings. The zero-order valence-electron chi connectivity index (χ0n) is 13.7. The van der Waals surface area contributed by atoms with Gasteiger partial charge >= 0.3 is 0 Å². The Labute approximate surface area is 148 Å². The summed E-state index contributed by atoms with van der Waals surface area (Å²) in [6.45, 7) is 0.611. The maximum absolute atomic E-state index is 12.2. The van der Waals surface area contributed by atoms with E-state index in [1.165, 1.54) is 16.0 Å². The molecule has 1 atom stereocenters. The molecular weight excluding hydrogens is 342 g/mol. The maximum atomic E-state index is 12.2. The van der Waals surface area contributed by atoms with E-state index in [-0.39, 0.29) is 24.1 Å². The van der Waals surface area contributed by atoms with Gasteiger partial charge in [-0.05, 0) is 44.1 Å². The van der Waals surface area contributed by atoms with Crippen molar-refractivity contribution in [3.05, 3.63) is 32.7 Å². The number of ether oxygens (including phenoxy) is 1. The van der Waals surface area contributed by atoms with Crippen molar-refractivity contribution in [1.29, 1.82) is 0 Å². The van der Waals surface area contributed by atoms with Crippen molar-refractivity contribution in [2.24, 2.45) is 0 Å². The van der Waals surface area contributed by atoms with E-state index >= 15 is 0 Å². The fourth-order valence-electron chi connectivity index (χ4n) is 3.20. The molecule has 25 heavy (non-hydrogen) atoms. The predicted octanol–water partition coefficient (Wildman–Crippen LogP) is 1.46. The highest BCUT2D eigenvalue weighted by atomic mass is 32.1. The van der Waals surface area contributed by atoms with Crippen LogP contribution in [0.3, 0.4) is 0 Å². The van der Waals surface area contributed by atoms with Crippen LogP contribution in [0.25, 0.3) is 0 Å². The molecule has 0 radical (unpaired) electrons. The highest BCUT2D eigenvalue weighted by Gasteiger charge is 2.22. The minimum absolute atomic E-state index is 0.0203. The third kappa shape index (κ3) is 3.62. The summed E-state index contributed by atoms with van der Waals surface area (Å²) in [5.74, 6) is -0.333. The van der Waals surface area contributed by atoms with E-state index in [9.17, 15) is 9.59 Å². The number of rotatable bonds is 4. The van der Waals surface area contributed by atoms with Gasteiger partial charge in [0.1, 0.15) is 17.7 Å².